The second-order valence-corrected chi connectivity index (χ2v) is 12.0. The number of para-hydroxylation sites is 1. The third-order valence-corrected chi connectivity index (χ3v) is 8.15. The van der Waals surface area contributed by atoms with Crippen molar-refractivity contribution in [1.82, 2.24) is 0 Å². The summed E-state index contributed by atoms with van der Waals surface area (Å²) in [5, 5.41) is 14.2. The molecule has 7 nitrogen and oxygen atoms in total. The number of nitrogens with one attached hydrogen (secondary N) is 1. The minimum absolute atomic E-state index is 0.0536. The van der Waals surface area contributed by atoms with Crippen LogP contribution in [0.3, 0.4) is 0 Å². The molecule has 1 unspecified atom stereocenters. The van der Waals surface area contributed by atoms with Crippen LogP contribution in [0.4, 0.5) is 20.2 Å². The first-order chi connectivity index (χ1) is 21.6. The van der Waals surface area contributed by atoms with Crippen LogP contribution in [0.5, 0.6) is 17.2 Å². The second-order valence-electron chi connectivity index (χ2n) is 12.0. The Bertz CT molecular complexity index is 1840. The number of carbonyl (C=O) groups excluding carboxylic acids is 2. The number of allylic oxidation sites excluding steroid dienone is 1. The predicted octanol–water partition coefficient (Wildman–Crippen LogP) is 7.71. The van der Waals surface area contributed by atoms with E-state index in [1.54, 1.807) is 6.07 Å². The summed E-state index contributed by atoms with van der Waals surface area (Å²) in [6.45, 7) is 4.02. The smallest absolute Gasteiger partial charge is 0.262 e. The summed E-state index contributed by atoms with van der Waals surface area (Å²) in [4.78, 5) is 29.6. The zero-order valence-electron chi connectivity index (χ0n) is 25.1. The number of ether oxygens (including phenoxy) is 2. The van der Waals surface area contributed by atoms with Gasteiger partial charge in [0.25, 0.3) is 5.91 Å². The van der Waals surface area contributed by atoms with Crippen molar-refractivity contribution in [2.24, 2.45) is 5.41 Å². The molecule has 9 heteroatoms. The van der Waals surface area contributed by atoms with Crippen molar-refractivity contribution in [3.05, 3.63) is 125 Å². The lowest BCUT2D eigenvalue weighted by Gasteiger charge is -2.37. The third kappa shape index (κ3) is 5.61. The monoisotopic (exact) mass is 610 g/mol. The maximum absolute atomic E-state index is 16.5. The number of anilines is 2. The van der Waals surface area contributed by atoms with E-state index in [1.165, 1.54) is 54.5 Å². The number of carbonyl (C=O) groups is 2. The highest BCUT2D eigenvalue weighted by atomic mass is 19.1. The maximum Gasteiger partial charge on any atom is 0.262 e. The number of aromatic hydroxyl groups is 1. The fourth-order valence-corrected chi connectivity index (χ4v) is 6.09. The first kappa shape index (κ1) is 29.9. The van der Waals surface area contributed by atoms with Crippen LogP contribution in [0.25, 0.3) is 0 Å². The van der Waals surface area contributed by atoms with Crippen LogP contribution in [0, 0.1) is 17.0 Å². The lowest BCUT2D eigenvalue weighted by Crippen LogP contribution is -2.40. The van der Waals surface area contributed by atoms with Gasteiger partial charge in [0.2, 0.25) is 0 Å². The van der Waals surface area contributed by atoms with E-state index < -0.39 is 29.0 Å². The molecule has 0 saturated heterocycles. The van der Waals surface area contributed by atoms with E-state index in [1.807, 2.05) is 44.2 Å². The van der Waals surface area contributed by atoms with E-state index in [-0.39, 0.29) is 64.1 Å². The molecule has 1 heterocycles. The Kier molecular flexibility index (Phi) is 7.78. The number of rotatable bonds is 6. The van der Waals surface area contributed by atoms with Crippen LogP contribution >= 0.6 is 0 Å². The predicted molar refractivity (Wildman–Crippen MR) is 166 cm³/mol. The quantitative estimate of drug-likeness (QED) is 0.218. The van der Waals surface area contributed by atoms with Gasteiger partial charge in [0.1, 0.15) is 29.7 Å². The summed E-state index contributed by atoms with van der Waals surface area (Å²) in [6, 6.07) is 20.6. The number of ketones is 1. The summed E-state index contributed by atoms with van der Waals surface area (Å²) >= 11 is 0. The fraction of sp³-hybridized carbons (Fsp3) is 0.222. The molecule has 1 amide bonds. The summed E-state index contributed by atoms with van der Waals surface area (Å²) in [7, 11) is 1.41. The number of phenolic OH excluding ortho intramolecular Hbond substituents is 1. The largest absolute Gasteiger partial charge is 0.506 e. The van der Waals surface area contributed by atoms with E-state index in [9.17, 15) is 14.7 Å². The molecule has 230 valence electrons. The molecule has 1 aliphatic heterocycles. The van der Waals surface area contributed by atoms with Crippen LogP contribution < -0.4 is 19.7 Å². The van der Waals surface area contributed by atoms with Crippen LogP contribution in [0.2, 0.25) is 0 Å². The van der Waals surface area contributed by atoms with Crippen molar-refractivity contribution < 1.29 is 33.0 Å². The minimum atomic E-state index is -1.34. The van der Waals surface area contributed by atoms with Crippen LogP contribution in [-0.4, -0.2) is 23.9 Å². The highest BCUT2D eigenvalue weighted by Crippen LogP contribution is 2.52. The van der Waals surface area contributed by atoms with Crippen LogP contribution in [0.1, 0.15) is 54.2 Å². The number of hydrogen-bond donors (Lipinski definition) is 2. The summed E-state index contributed by atoms with van der Waals surface area (Å²) in [6.07, 6.45) is 0.502. The Morgan fingerprint density at radius 3 is 2.42 bits per heavy atom. The van der Waals surface area contributed by atoms with E-state index in [2.05, 4.69) is 5.32 Å². The van der Waals surface area contributed by atoms with E-state index in [4.69, 9.17) is 9.47 Å². The normalized spacial score (nSPS) is 17.1. The minimum Gasteiger partial charge on any atom is -0.506 e. The van der Waals surface area contributed by atoms with E-state index in [0.717, 1.165) is 11.6 Å². The lowest BCUT2D eigenvalue weighted by atomic mass is 9.73. The Balaban J connectivity index is 1.58. The van der Waals surface area contributed by atoms with Gasteiger partial charge < -0.3 is 19.9 Å². The van der Waals surface area contributed by atoms with E-state index >= 15 is 8.78 Å². The lowest BCUT2D eigenvalue weighted by molar-refractivity contribution is -0.118. The molecule has 2 N–H and O–H groups in total. The van der Waals surface area contributed by atoms with Crippen molar-refractivity contribution >= 4 is 23.1 Å². The third-order valence-electron chi connectivity index (χ3n) is 8.15. The highest BCUT2D eigenvalue weighted by Gasteiger charge is 2.45. The number of amides is 1. The topological polar surface area (TPSA) is 88.1 Å². The Morgan fingerprint density at radius 2 is 1.69 bits per heavy atom. The number of methoxy groups -OCH3 is 1. The molecule has 2 aliphatic rings. The maximum atomic E-state index is 16.5. The van der Waals surface area contributed by atoms with Gasteiger partial charge in [-0.25, -0.2) is 8.78 Å². The van der Waals surface area contributed by atoms with Gasteiger partial charge in [-0.2, -0.15) is 0 Å². The summed E-state index contributed by atoms with van der Waals surface area (Å²) < 4.78 is 43.2. The number of hydrogen-bond acceptors (Lipinski definition) is 6. The van der Waals surface area contributed by atoms with Crippen molar-refractivity contribution in [2.75, 3.05) is 17.3 Å². The molecular weight excluding hydrogens is 578 g/mol. The van der Waals surface area contributed by atoms with Crippen molar-refractivity contribution in [3.8, 4) is 17.2 Å². The molecule has 6 rings (SSSR count). The molecule has 1 aliphatic carbocycles. The van der Waals surface area contributed by atoms with Crippen molar-refractivity contribution in [3.63, 3.8) is 0 Å². The molecule has 45 heavy (non-hydrogen) atoms. The number of phenols is 1. The molecule has 0 bridgehead atoms. The average molecular weight is 611 g/mol. The second kappa shape index (κ2) is 11.7. The van der Waals surface area contributed by atoms with Gasteiger partial charge in [0.15, 0.2) is 17.3 Å². The average Bonchev–Trinajstić information content (AvgIpc) is 3.15. The van der Waals surface area contributed by atoms with Crippen LogP contribution in [-0.2, 0) is 11.4 Å². The standard InChI is InChI=1S/C36H32F2N2O5/c1-36(2)18-26-32(29(42)19-36)34(23-16-30(44-3)31(17-25(23)38)45-20-21-10-5-4-6-11-21)40(27-14-9-15-28(41)33(27)39-26)35(43)22-12-7-8-13-24(22)37/h4-17,34,39,41H,18-20H2,1-3H3. The van der Waals surface area contributed by atoms with Gasteiger partial charge in [-0.3, -0.25) is 14.5 Å². The number of benzene rings is 4. The van der Waals surface area contributed by atoms with Gasteiger partial charge in [-0.05, 0) is 47.7 Å². The molecule has 0 aromatic heterocycles. The molecule has 1 atom stereocenters. The van der Waals surface area contributed by atoms with Gasteiger partial charge in [0, 0.05) is 29.3 Å². The van der Waals surface area contributed by atoms with Crippen molar-refractivity contribution in [2.45, 2.75) is 39.3 Å². The summed E-state index contributed by atoms with van der Waals surface area (Å²) in [5.74, 6) is -2.55. The van der Waals surface area contributed by atoms with Gasteiger partial charge >= 0.3 is 0 Å². The first-order valence-corrected chi connectivity index (χ1v) is 14.6. The first-order valence-electron chi connectivity index (χ1n) is 14.6. The Labute approximate surface area is 259 Å². The van der Waals surface area contributed by atoms with Crippen LogP contribution in [0.15, 0.2) is 96.2 Å². The fourth-order valence-electron chi connectivity index (χ4n) is 6.09. The number of fused-ring (bicyclic) bond motifs is 1. The molecule has 0 saturated carbocycles. The Hall–Kier alpha value is -5.18. The SMILES string of the molecule is COc1cc(C2C3=C(CC(C)(C)CC3=O)Nc3c(O)cccc3N2C(=O)c2ccccc2F)c(F)cc1OCc1ccccc1. The molecule has 0 fully saturated rings. The van der Waals surface area contributed by atoms with Gasteiger partial charge in [-0.1, -0.05) is 62.4 Å². The Morgan fingerprint density at radius 1 is 0.956 bits per heavy atom. The zero-order chi connectivity index (χ0) is 31.9. The number of nitrogens with zero attached hydrogens (tertiary/aromatic N) is 1. The molecule has 0 spiro atoms. The number of Topliss-reactive ketones (excluding diaryl/α,β-unsaturated/α-hetero) is 1. The zero-order valence-corrected chi connectivity index (χ0v) is 25.1. The van der Waals surface area contributed by atoms with Gasteiger partial charge in [-0.15, -0.1) is 0 Å². The summed E-state index contributed by atoms with van der Waals surface area (Å²) in [5.41, 5.74) is 0.954. The highest BCUT2D eigenvalue weighted by molar-refractivity contribution is 6.12. The molecule has 0 radical (unpaired) electrons. The van der Waals surface area contributed by atoms with Gasteiger partial charge in [0.05, 0.1) is 24.4 Å². The molecule has 4 aromatic rings. The molecular formula is C36H32F2N2O5. The number of halogens is 2. The molecule has 4 aromatic carbocycles. The van der Waals surface area contributed by atoms with Crippen molar-refractivity contribution in [1.29, 1.82) is 0 Å². The van der Waals surface area contributed by atoms with E-state index in [0.29, 0.717) is 12.1 Å².